The maximum atomic E-state index is 12.3. The minimum absolute atomic E-state index is 0.206. The molecule has 114 valence electrons. The first-order chi connectivity index (χ1) is 10.4. The lowest BCUT2D eigenvalue weighted by atomic mass is 10.1. The third-order valence-corrected chi connectivity index (χ3v) is 4.62. The van der Waals surface area contributed by atoms with Crippen LogP contribution in [-0.2, 0) is 0 Å². The van der Waals surface area contributed by atoms with Crippen molar-refractivity contribution >= 4 is 67.4 Å². The summed E-state index contributed by atoms with van der Waals surface area (Å²) in [7, 11) is 0. The molecule has 22 heavy (non-hydrogen) atoms. The number of anilines is 1. The number of aryl methyl sites for hydroxylation is 2. The van der Waals surface area contributed by atoms with Gasteiger partial charge in [-0.25, -0.2) is 0 Å². The van der Waals surface area contributed by atoms with E-state index in [0.29, 0.717) is 5.56 Å². The molecule has 0 bridgehead atoms. The molecule has 2 aromatic rings. The lowest BCUT2D eigenvalue weighted by Crippen LogP contribution is -2.34. The van der Waals surface area contributed by atoms with Crippen LogP contribution >= 0.6 is 50.7 Å². The number of halogens is 2. The van der Waals surface area contributed by atoms with Gasteiger partial charge in [0.25, 0.3) is 5.91 Å². The summed E-state index contributed by atoms with van der Waals surface area (Å²) in [6, 6.07) is 11.5. The SMILES string of the molecule is Cc1ccc(C(=O)NC(=S)Nc2ccc(Br)cc2I)c(C)c1. The highest BCUT2D eigenvalue weighted by Crippen LogP contribution is 2.22. The minimum Gasteiger partial charge on any atom is -0.332 e. The van der Waals surface area contributed by atoms with Crippen LogP contribution in [0.25, 0.3) is 0 Å². The van der Waals surface area contributed by atoms with E-state index in [1.54, 1.807) is 0 Å². The van der Waals surface area contributed by atoms with Crippen molar-refractivity contribution in [1.29, 1.82) is 0 Å². The summed E-state index contributed by atoms with van der Waals surface area (Å²) in [5.41, 5.74) is 3.53. The molecule has 0 atom stereocenters. The van der Waals surface area contributed by atoms with Crippen molar-refractivity contribution in [3.8, 4) is 0 Å². The molecule has 0 aliphatic rings. The number of rotatable bonds is 2. The highest BCUT2D eigenvalue weighted by molar-refractivity contribution is 14.1. The summed E-state index contributed by atoms with van der Waals surface area (Å²) in [6.07, 6.45) is 0. The largest absolute Gasteiger partial charge is 0.332 e. The van der Waals surface area contributed by atoms with Gasteiger partial charge in [0, 0.05) is 13.6 Å². The van der Waals surface area contributed by atoms with Gasteiger partial charge in [-0.3, -0.25) is 10.1 Å². The van der Waals surface area contributed by atoms with Gasteiger partial charge in [-0.1, -0.05) is 33.6 Å². The first-order valence-corrected chi connectivity index (χ1v) is 8.79. The number of carbonyl (C=O) groups is 1. The first kappa shape index (κ1) is 17.4. The van der Waals surface area contributed by atoms with Crippen molar-refractivity contribution in [2.24, 2.45) is 0 Å². The molecule has 1 amide bonds. The number of benzene rings is 2. The van der Waals surface area contributed by atoms with E-state index in [1.165, 1.54) is 0 Å². The molecule has 0 radical (unpaired) electrons. The molecule has 2 aromatic carbocycles. The van der Waals surface area contributed by atoms with Gasteiger partial charge in [-0.15, -0.1) is 0 Å². The zero-order valence-corrected chi connectivity index (χ0v) is 16.6. The average Bonchev–Trinajstić information content (AvgIpc) is 2.41. The van der Waals surface area contributed by atoms with Crippen molar-refractivity contribution in [1.82, 2.24) is 5.32 Å². The van der Waals surface area contributed by atoms with Crippen molar-refractivity contribution < 1.29 is 4.79 Å². The molecule has 0 saturated heterocycles. The van der Waals surface area contributed by atoms with Crippen molar-refractivity contribution in [2.75, 3.05) is 5.32 Å². The molecule has 2 N–H and O–H groups in total. The standard InChI is InChI=1S/C16H14BrIN2OS/c1-9-3-5-12(10(2)7-9)15(21)20-16(22)19-14-6-4-11(17)8-13(14)18/h3-8H,1-2H3,(H2,19,20,21,22). The fraction of sp³-hybridized carbons (Fsp3) is 0.125. The highest BCUT2D eigenvalue weighted by Gasteiger charge is 2.11. The van der Waals surface area contributed by atoms with Gasteiger partial charge < -0.3 is 5.32 Å². The molecule has 0 aliphatic carbocycles. The van der Waals surface area contributed by atoms with E-state index in [-0.39, 0.29) is 11.0 Å². The van der Waals surface area contributed by atoms with E-state index in [1.807, 2.05) is 50.2 Å². The van der Waals surface area contributed by atoms with Crippen LogP contribution in [0.15, 0.2) is 40.9 Å². The van der Waals surface area contributed by atoms with Crippen LogP contribution in [0, 0.1) is 17.4 Å². The molecule has 3 nitrogen and oxygen atoms in total. The molecule has 0 heterocycles. The average molecular weight is 489 g/mol. The topological polar surface area (TPSA) is 41.1 Å². The number of nitrogens with one attached hydrogen (secondary N) is 2. The van der Waals surface area contributed by atoms with Crippen LogP contribution in [0.5, 0.6) is 0 Å². The summed E-state index contributed by atoms with van der Waals surface area (Å²) < 4.78 is 2.00. The van der Waals surface area contributed by atoms with E-state index in [2.05, 4.69) is 49.2 Å². The number of carbonyl (C=O) groups excluding carboxylic acids is 1. The predicted octanol–water partition coefficient (Wildman–Crippen LogP) is 4.80. The number of hydrogen-bond donors (Lipinski definition) is 2. The molecule has 6 heteroatoms. The van der Waals surface area contributed by atoms with Gasteiger partial charge in [0.1, 0.15) is 0 Å². The van der Waals surface area contributed by atoms with Gasteiger partial charge in [-0.05, 0) is 78.5 Å². The molecule has 2 rings (SSSR count). The number of hydrogen-bond acceptors (Lipinski definition) is 2. The first-order valence-electron chi connectivity index (χ1n) is 6.51. The summed E-state index contributed by atoms with van der Waals surface area (Å²) in [6.45, 7) is 3.91. The van der Waals surface area contributed by atoms with Gasteiger partial charge in [-0.2, -0.15) is 0 Å². The Kier molecular flexibility index (Phi) is 5.94. The van der Waals surface area contributed by atoms with E-state index in [9.17, 15) is 4.79 Å². The highest BCUT2D eigenvalue weighted by atomic mass is 127. The van der Waals surface area contributed by atoms with Crippen molar-refractivity contribution in [3.05, 3.63) is 61.1 Å². The van der Waals surface area contributed by atoms with Crippen molar-refractivity contribution in [2.45, 2.75) is 13.8 Å². The molecule has 0 spiro atoms. The normalized spacial score (nSPS) is 10.2. The zero-order chi connectivity index (χ0) is 16.3. The second-order valence-corrected chi connectivity index (χ2v) is 7.34. The molecule has 0 aliphatic heterocycles. The fourth-order valence-electron chi connectivity index (χ4n) is 1.98. The van der Waals surface area contributed by atoms with Gasteiger partial charge in [0.05, 0.1) is 5.69 Å². The van der Waals surface area contributed by atoms with Crippen LogP contribution < -0.4 is 10.6 Å². The Hall–Kier alpha value is -0.990. The van der Waals surface area contributed by atoms with E-state index in [4.69, 9.17) is 12.2 Å². The second-order valence-electron chi connectivity index (χ2n) is 4.85. The minimum atomic E-state index is -0.206. The number of amides is 1. The zero-order valence-electron chi connectivity index (χ0n) is 12.0. The third-order valence-electron chi connectivity index (χ3n) is 3.03. The second kappa shape index (κ2) is 7.52. The Morgan fingerprint density at radius 2 is 1.91 bits per heavy atom. The summed E-state index contributed by atoms with van der Waals surface area (Å²) in [5, 5.41) is 6.04. The Morgan fingerprint density at radius 3 is 2.55 bits per heavy atom. The molecule has 0 unspecified atom stereocenters. The monoisotopic (exact) mass is 488 g/mol. The van der Waals surface area contributed by atoms with Crippen LogP contribution in [0.3, 0.4) is 0 Å². The Morgan fingerprint density at radius 1 is 1.18 bits per heavy atom. The van der Waals surface area contributed by atoms with E-state index in [0.717, 1.165) is 24.9 Å². The summed E-state index contributed by atoms with van der Waals surface area (Å²) in [5.74, 6) is -0.206. The van der Waals surface area contributed by atoms with Gasteiger partial charge in [0.15, 0.2) is 5.11 Å². The maximum Gasteiger partial charge on any atom is 0.257 e. The third kappa shape index (κ3) is 4.50. The lowest BCUT2D eigenvalue weighted by Gasteiger charge is -2.12. The quantitative estimate of drug-likeness (QED) is 0.471. The molecule has 0 saturated carbocycles. The lowest BCUT2D eigenvalue weighted by molar-refractivity contribution is 0.0977. The van der Waals surface area contributed by atoms with E-state index >= 15 is 0 Å². The Balaban J connectivity index is 2.06. The Bertz CT molecular complexity index is 749. The van der Waals surface area contributed by atoms with Gasteiger partial charge >= 0.3 is 0 Å². The smallest absolute Gasteiger partial charge is 0.257 e. The summed E-state index contributed by atoms with van der Waals surface area (Å²) >= 11 is 10.8. The molecule has 0 aromatic heterocycles. The van der Waals surface area contributed by atoms with Crippen LogP contribution in [-0.4, -0.2) is 11.0 Å². The maximum absolute atomic E-state index is 12.3. The predicted molar refractivity (Wildman–Crippen MR) is 106 cm³/mol. The Labute approximate surface area is 157 Å². The fourth-order valence-corrected chi connectivity index (χ4v) is 3.63. The number of thiocarbonyl (C=S) groups is 1. The summed E-state index contributed by atoms with van der Waals surface area (Å²) in [4.78, 5) is 12.3. The van der Waals surface area contributed by atoms with E-state index < -0.39 is 0 Å². The molecular weight excluding hydrogens is 475 g/mol. The molecule has 0 fully saturated rings. The van der Waals surface area contributed by atoms with Crippen LogP contribution in [0.2, 0.25) is 0 Å². The van der Waals surface area contributed by atoms with Crippen LogP contribution in [0.4, 0.5) is 5.69 Å². The van der Waals surface area contributed by atoms with Gasteiger partial charge in [0.2, 0.25) is 0 Å². The van der Waals surface area contributed by atoms with Crippen molar-refractivity contribution in [3.63, 3.8) is 0 Å². The van der Waals surface area contributed by atoms with Crippen LogP contribution in [0.1, 0.15) is 21.5 Å². The molecular formula is C16H14BrIN2OS.